The van der Waals surface area contributed by atoms with Gasteiger partial charge in [0.1, 0.15) is 0 Å². The minimum atomic E-state index is -0.746. The molecule has 0 spiro atoms. The number of rotatable bonds is 2. The molecule has 0 bridgehead atoms. The van der Waals surface area contributed by atoms with E-state index < -0.39 is 11.6 Å². The van der Waals surface area contributed by atoms with E-state index in [0.29, 0.717) is 24.2 Å². The lowest BCUT2D eigenvalue weighted by molar-refractivity contribution is 0.0532. The maximum atomic E-state index is 13.7. The van der Waals surface area contributed by atoms with Crippen molar-refractivity contribution in [3.05, 3.63) is 35.4 Å². The van der Waals surface area contributed by atoms with Crippen molar-refractivity contribution in [3.8, 4) is 0 Å². The zero-order valence-electron chi connectivity index (χ0n) is 11.3. The fourth-order valence-corrected chi connectivity index (χ4v) is 3.36. The highest BCUT2D eigenvalue weighted by Crippen LogP contribution is 2.26. The number of halogens is 2. The molecule has 19 heavy (non-hydrogen) atoms. The van der Waals surface area contributed by atoms with Crippen LogP contribution in [0.3, 0.4) is 0 Å². The molecule has 0 aromatic heterocycles. The number of hydrogen-bond donors (Lipinski definition) is 0. The molecule has 2 aliphatic heterocycles. The molecule has 2 heterocycles. The van der Waals surface area contributed by atoms with Gasteiger partial charge in [0.25, 0.3) is 0 Å². The van der Waals surface area contributed by atoms with E-state index in [-0.39, 0.29) is 0 Å². The first kappa shape index (κ1) is 13.0. The van der Waals surface area contributed by atoms with E-state index in [9.17, 15) is 8.78 Å². The topological polar surface area (TPSA) is 6.48 Å². The Morgan fingerprint density at radius 1 is 1.26 bits per heavy atom. The van der Waals surface area contributed by atoms with Gasteiger partial charge in [-0.05, 0) is 32.4 Å². The predicted octanol–water partition coefficient (Wildman–Crippen LogP) is 2.63. The van der Waals surface area contributed by atoms with Crippen molar-refractivity contribution >= 4 is 0 Å². The van der Waals surface area contributed by atoms with Gasteiger partial charge in [0.05, 0.1) is 0 Å². The molecule has 0 aliphatic carbocycles. The smallest absolute Gasteiger partial charge is 0.163 e. The molecule has 1 aromatic rings. The molecule has 2 nitrogen and oxygen atoms in total. The molecule has 3 rings (SSSR count). The fourth-order valence-electron chi connectivity index (χ4n) is 3.36. The van der Waals surface area contributed by atoms with Crippen LogP contribution in [0, 0.1) is 11.6 Å². The van der Waals surface area contributed by atoms with Crippen molar-refractivity contribution in [1.82, 2.24) is 9.80 Å². The highest BCUT2D eigenvalue weighted by Gasteiger charge is 2.34. The summed E-state index contributed by atoms with van der Waals surface area (Å²) in [5.74, 6) is -1.44. The van der Waals surface area contributed by atoms with Crippen LogP contribution >= 0.6 is 0 Å². The number of hydrogen-bond acceptors (Lipinski definition) is 2. The van der Waals surface area contributed by atoms with Crippen LogP contribution in [0.4, 0.5) is 8.78 Å². The molecule has 2 fully saturated rings. The van der Waals surface area contributed by atoms with E-state index in [1.807, 2.05) is 0 Å². The third-order valence-corrected chi connectivity index (χ3v) is 4.47. The van der Waals surface area contributed by atoms with Crippen LogP contribution in [0.5, 0.6) is 0 Å². The molecule has 2 saturated heterocycles. The number of fused-ring (bicyclic) bond motifs is 1. The Kier molecular flexibility index (Phi) is 3.54. The average molecular weight is 266 g/mol. The minimum absolute atomic E-state index is 0.400. The third kappa shape index (κ3) is 2.51. The van der Waals surface area contributed by atoms with Crippen LogP contribution < -0.4 is 0 Å². The standard InChI is InChI=1S/C15H20F2N2/c1-11-8-18-7-3-5-13(18)10-19(11)9-12-4-2-6-14(16)15(12)17/h2,4,6,11,13H,3,5,7-10H2,1H3/t11-,13-/m0/s1. The second-order valence-electron chi connectivity index (χ2n) is 5.78. The molecule has 2 atom stereocenters. The predicted molar refractivity (Wildman–Crippen MR) is 70.8 cm³/mol. The number of piperazine rings is 1. The summed E-state index contributed by atoms with van der Waals surface area (Å²) in [5.41, 5.74) is 0.471. The van der Waals surface area contributed by atoms with Gasteiger partial charge in [0, 0.05) is 37.3 Å². The average Bonchev–Trinajstić information content (AvgIpc) is 2.82. The van der Waals surface area contributed by atoms with Gasteiger partial charge < -0.3 is 0 Å². The van der Waals surface area contributed by atoms with E-state index in [1.165, 1.54) is 25.5 Å². The Labute approximate surface area is 113 Å². The van der Waals surface area contributed by atoms with Crippen molar-refractivity contribution in [3.63, 3.8) is 0 Å². The van der Waals surface area contributed by atoms with Gasteiger partial charge in [-0.1, -0.05) is 12.1 Å². The lowest BCUT2D eigenvalue weighted by Gasteiger charge is -2.42. The Hall–Kier alpha value is -1.00. The van der Waals surface area contributed by atoms with E-state index in [0.717, 1.165) is 13.1 Å². The summed E-state index contributed by atoms with van der Waals surface area (Å²) in [6.07, 6.45) is 2.49. The molecule has 4 heteroatoms. The van der Waals surface area contributed by atoms with Crippen molar-refractivity contribution in [2.75, 3.05) is 19.6 Å². The Balaban J connectivity index is 1.73. The highest BCUT2D eigenvalue weighted by molar-refractivity contribution is 5.19. The maximum absolute atomic E-state index is 13.7. The zero-order chi connectivity index (χ0) is 13.4. The summed E-state index contributed by atoms with van der Waals surface area (Å²) in [6.45, 7) is 5.89. The van der Waals surface area contributed by atoms with Gasteiger partial charge in [0.2, 0.25) is 0 Å². The van der Waals surface area contributed by atoms with Gasteiger partial charge in [-0.15, -0.1) is 0 Å². The first-order valence-corrected chi connectivity index (χ1v) is 7.06. The maximum Gasteiger partial charge on any atom is 0.163 e. The van der Waals surface area contributed by atoms with Crippen LogP contribution in [-0.2, 0) is 6.54 Å². The SMILES string of the molecule is C[C@H]1CN2CCC[C@H]2CN1Cc1cccc(F)c1F. The fraction of sp³-hybridized carbons (Fsp3) is 0.600. The molecular weight excluding hydrogens is 246 g/mol. The van der Waals surface area contributed by atoms with Gasteiger partial charge in [0.15, 0.2) is 11.6 Å². The highest BCUT2D eigenvalue weighted by atomic mass is 19.2. The van der Waals surface area contributed by atoms with E-state index in [1.54, 1.807) is 12.1 Å². The molecule has 1 aromatic carbocycles. The Bertz CT molecular complexity index is 463. The van der Waals surface area contributed by atoms with Gasteiger partial charge >= 0.3 is 0 Å². The minimum Gasteiger partial charge on any atom is -0.298 e. The Morgan fingerprint density at radius 3 is 2.95 bits per heavy atom. The molecule has 0 unspecified atom stereocenters. The summed E-state index contributed by atoms with van der Waals surface area (Å²) in [7, 11) is 0. The normalized spacial score (nSPS) is 28.6. The first-order chi connectivity index (χ1) is 9.15. The van der Waals surface area contributed by atoms with Gasteiger partial charge in [-0.25, -0.2) is 8.78 Å². The van der Waals surface area contributed by atoms with Crippen LogP contribution in [0.1, 0.15) is 25.3 Å². The largest absolute Gasteiger partial charge is 0.298 e. The van der Waals surface area contributed by atoms with Crippen molar-refractivity contribution < 1.29 is 8.78 Å². The summed E-state index contributed by atoms with van der Waals surface area (Å²) in [5, 5.41) is 0. The molecule has 0 saturated carbocycles. The monoisotopic (exact) mass is 266 g/mol. The molecule has 2 aliphatic rings. The zero-order valence-corrected chi connectivity index (χ0v) is 11.3. The Morgan fingerprint density at radius 2 is 2.11 bits per heavy atom. The lowest BCUT2D eigenvalue weighted by Crippen LogP contribution is -2.54. The number of benzene rings is 1. The first-order valence-electron chi connectivity index (χ1n) is 7.06. The summed E-state index contributed by atoms with van der Waals surface area (Å²) in [4.78, 5) is 4.81. The quantitative estimate of drug-likeness (QED) is 0.812. The molecule has 0 N–H and O–H groups in total. The summed E-state index contributed by atoms with van der Waals surface area (Å²) in [6, 6.07) is 5.46. The second kappa shape index (κ2) is 5.17. The summed E-state index contributed by atoms with van der Waals surface area (Å²) < 4.78 is 27.0. The lowest BCUT2D eigenvalue weighted by atomic mass is 10.1. The van der Waals surface area contributed by atoms with E-state index >= 15 is 0 Å². The van der Waals surface area contributed by atoms with Crippen molar-refractivity contribution in [1.29, 1.82) is 0 Å². The van der Waals surface area contributed by atoms with Crippen LogP contribution in [-0.4, -0.2) is 41.5 Å². The molecule has 104 valence electrons. The molecule has 0 amide bonds. The number of nitrogens with zero attached hydrogens (tertiary/aromatic N) is 2. The van der Waals surface area contributed by atoms with Crippen LogP contribution in [0.25, 0.3) is 0 Å². The molecular formula is C15H20F2N2. The van der Waals surface area contributed by atoms with E-state index in [2.05, 4.69) is 16.7 Å². The van der Waals surface area contributed by atoms with Gasteiger partial charge in [-0.2, -0.15) is 0 Å². The molecule has 0 radical (unpaired) electrons. The van der Waals surface area contributed by atoms with Crippen molar-refractivity contribution in [2.45, 2.75) is 38.4 Å². The van der Waals surface area contributed by atoms with Crippen LogP contribution in [0.2, 0.25) is 0 Å². The summed E-state index contributed by atoms with van der Waals surface area (Å²) >= 11 is 0. The van der Waals surface area contributed by atoms with Crippen LogP contribution in [0.15, 0.2) is 18.2 Å². The van der Waals surface area contributed by atoms with Crippen molar-refractivity contribution in [2.24, 2.45) is 0 Å². The van der Waals surface area contributed by atoms with Gasteiger partial charge in [-0.3, -0.25) is 9.80 Å². The second-order valence-corrected chi connectivity index (χ2v) is 5.78. The van der Waals surface area contributed by atoms with E-state index in [4.69, 9.17) is 0 Å². The third-order valence-electron chi connectivity index (χ3n) is 4.47.